The lowest BCUT2D eigenvalue weighted by Gasteiger charge is -2.36. The fourth-order valence-electron chi connectivity index (χ4n) is 3.07. The highest BCUT2D eigenvalue weighted by Crippen LogP contribution is 2.30. The summed E-state index contributed by atoms with van der Waals surface area (Å²) in [5, 5.41) is 12.1. The summed E-state index contributed by atoms with van der Waals surface area (Å²) in [6.45, 7) is 7.29. The lowest BCUT2D eigenvalue weighted by molar-refractivity contribution is -0.133. The molecule has 0 saturated heterocycles. The molecule has 1 aliphatic carbocycles. The van der Waals surface area contributed by atoms with E-state index in [0.29, 0.717) is 24.2 Å². The average molecular weight is 416 g/mol. The van der Waals surface area contributed by atoms with Gasteiger partial charge in [0, 0.05) is 12.6 Å². The predicted octanol–water partition coefficient (Wildman–Crippen LogP) is 4.16. The number of amides is 2. The first-order valence-electron chi connectivity index (χ1n) is 9.34. The van der Waals surface area contributed by atoms with Gasteiger partial charge in [-0.2, -0.15) is 0 Å². The average Bonchev–Trinajstić information content (AvgIpc) is 3.05. The van der Waals surface area contributed by atoms with Gasteiger partial charge in [0.2, 0.25) is 0 Å². The van der Waals surface area contributed by atoms with Gasteiger partial charge in [-0.3, -0.25) is 10.1 Å². The Kier molecular flexibility index (Phi) is 8.85. The zero-order valence-corrected chi connectivity index (χ0v) is 17.8. The Morgan fingerprint density at radius 1 is 1.41 bits per heavy atom. The largest absolute Gasteiger partial charge is 0.481 e. The molecule has 0 aromatic carbocycles. The molecule has 0 bridgehead atoms. The van der Waals surface area contributed by atoms with Crippen molar-refractivity contribution in [2.75, 3.05) is 24.2 Å². The first-order chi connectivity index (χ1) is 12.8. The monoisotopic (exact) mass is 415 g/mol. The summed E-state index contributed by atoms with van der Waals surface area (Å²) in [6.07, 6.45) is 6.01. The second kappa shape index (κ2) is 10.9. The number of ether oxygens (including phenoxy) is 1. The molecule has 7 nitrogen and oxygen atoms in total. The van der Waals surface area contributed by atoms with Crippen molar-refractivity contribution < 1.29 is 19.4 Å². The van der Waals surface area contributed by atoms with Gasteiger partial charge >= 0.3 is 12.0 Å². The summed E-state index contributed by atoms with van der Waals surface area (Å²) in [7, 11) is 0. The molecular formula is C18H29N3O4S2. The zero-order chi connectivity index (χ0) is 19.8. The SMILES string of the molecule is CC1CCC(N(CCOC(C)C)C(=O)Nc2ncc(SCC(=O)O)s2)CC1. The number of carbonyl (C=O) groups is 2. The molecule has 1 heterocycles. The van der Waals surface area contributed by atoms with Crippen molar-refractivity contribution in [1.29, 1.82) is 0 Å². The summed E-state index contributed by atoms with van der Waals surface area (Å²) in [6, 6.07) is 0.0591. The van der Waals surface area contributed by atoms with Crippen LogP contribution < -0.4 is 5.32 Å². The van der Waals surface area contributed by atoms with Crippen molar-refractivity contribution in [3.63, 3.8) is 0 Å². The number of thioether (sulfide) groups is 1. The third kappa shape index (κ3) is 7.67. The molecule has 1 fully saturated rings. The standard InChI is InChI=1S/C18H29N3O4S2/c1-12(2)25-9-8-21(14-6-4-13(3)5-7-14)18(24)20-17-19-10-16(27-17)26-11-15(22)23/h10,12-14H,4-9,11H2,1-3H3,(H,22,23)(H,19,20,24). The molecule has 0 atom stereocenters. The molecule has 2 amide bonds. The van der Waals surface area contributed by atoms with Crippen LogP contribution in [0.4, 0.5) is 9.93 Å². The predicted molar refractivity (Wildman–Crippen MR) is 109 cm³/mol. The fraction of sp³-hybridized carbons (Fsp3) is 0.722. The molecule has 1 aromatic rings. The molecule has 2 N–H and O–H groups in total. The summed E-state index contributed by atoms with van der Waals surface area (Å²) in [4.78, 5) is 29.6. The molecule has 0 unspecified atom stereocenters. The van der Waals surface area contributed by atoms with Crippen molar-refractivity contribution in [2.45, 2.75) is 62.8 Å². The van der Waals surface area contributed by atoms with Crippen LogP contribution in [0.3, 0.4) is 0 Å². The Labute approximate surface area is 168 Å². The van der Waals surface area contributed by atoms with Crippen molar-refractivity contribution in [1.82, 2.24) is 9.88 Å². The molecule has 1 saturated carbocycles. The van der Waals surface area contributed by atoms with Gasteiger partial charge in [0.25, 0.3) is 0 Å². The minimum absolute atomic E-state index is 0.0193. The highest BCUT2D eigenvalue weighted by atomic mass is 32.2. The number of rotatable bonds is 9. The molecule has 152 valence electrons. The van der Waals surface area contributed by atoms with E-state index in [1.54, 1.807) is 6.20 Å². The minimum atomic E-state index is -0.873. The maximum atomic E-state index is 12.9. The number of anilines is 1. The van der Waals surface area contributed by atoms with Crippen LogP contribution in [0, 0.1) is 5.92 Å². The molecule has 2 rings (SSSR count). The summed E-state index contributed by atoms with van der Waals surface area (Å²) >= 11 is 2.50. The normalized spacial score (nSPS) is 19.9. The number of thiazole rings is 1. The van der Waals surface area contributed by atoms with E-state index in [4.69, 9.17) is 9.84 Å². The Morgan fingerprint density at radius 2 is 2.11 bits per heavy atom. The molecule has 9 heteroatoms. The maximum absolute atomic E-state index is 12.9. The van der Waals surface area contributed by atoms with E-state index in [2.05, 4.69) is 17.2 Å². The quantitative estimate of drug-likeness (QED) is 0.589. The van der Waals surface area contributed by atoms with E-state index < -0.39 is 5.97 Å². The smallest absolute Gasteiger partial charge is 0.323 e. The zero-order valence-electron chi connectivity index (χ0n) is 16.1. The Balaban J connectivity index is 1.96. The third-order valence-corrected chi connectivity index (χ3v) is 6.60. The first-order valence-corrected chi connectivity index (χ1v) is 11.1. The summed E-state index contributed by atoms with van der Waals surface area (Å²) in [5.74, 6) is -0.179. The highest BCUT2D eigenvalue weighted by Gasteiger charge is 2.28. The molecule has 0 aliphatic heterocycles. The van der Waals surface area contributed by atoms with E-state index >= 15 is 0 Å². The van der Waals surface area contributed by atoms with Crippen LogP contribution in [0.15, 0.2) is 10.4 Å². The number of carboxylic acid groups (broad SMARTS) is 1. The van der Waals surface area contributed by atoms with Crippen LogP contribution in [-0.4, -0.2) is 58.0 Å². The van der Waals surface area contributed by atoms with Crippen molar-refractivity contribution in [3.8, 4) is 0 Å². The van der Waals surface area contributed by atoms with Crippen LogP contribution in [-0.2, 0) is 9.53 Å². The second-order valence-corrected chi connectivity index (χ2v) is 9.43. The van der Waals surface area contributed by atoms with E-state index in [1.165, 1.54) is 23.1 Å². The topological polar surface area (TPSA) is 91.8 Å². The Hall–Kier alpha value is -1.32. The summed E-state index contributed by atoms with van der Waals surface area (Å²) in [5.41, 5.74) is 0. The molecule has 0 radical (unpaired) electrons. The lowest BCUT2D eigenvalue weighted by atomic mass is 9.86. The number of nitrogens with one attached hydrogen (secondary N) is 1. The first kappa shape index (κ1) is 22.0. The van der Waals surface area contributed by atoms with E-state index in [-0.39, 0.29) is 23.9 Å². The van der Waals surface area contributed by atoms with Crippen molar-refractivity contribution in [3.05, 3.63) is 6.20 Å². The number of carbonyl (C=O) groups excluding carboxylic acids is 1. The number of nitrogens with zero attached hydrogens (tertiary/aromatic N) is 2. The number of hydrogen-bond acceptors (Lipinski definition) is 6. The fourth-order valence-corrected chi connectivity index (χ4v) is 4.65. The second-order valence-electron chi connectivity index (χ2n) is 7.12. The molecule has 1 aromatic heterocycles. The molecule has 27 heavy (non-hydrogen) atoms. The lowest BCUT2D eigenvalue weighted by Crippen LogP contribution is -2.46. The Morgan fingerprint density at radius 3 is 2.74 bits per heavy atom. The Bertz CT molecular complexity index is 616. The number of aromatic nitrogens is 1. The number of hydrogen-bond donors (Lipinski definition) is 2. The third-order valence-electron chi connectivity index (χ3n) is 4.51. The molecular weight excluding hydrogens is 386 g/mol. The van der Waals surface area contributed by atoms with E-state index in [1.807, 2.05) is 18.7 Å². The van der Waals surface area contributed by atoms with Crippen LogP contribution in [0.5, 0.6) is 0 Å². The molecule has 1 aliphatic rings. The van der Waals surface area contributed by atoms with Gasteiger partial charge < -0.3 is 14.7 Å². The van der Waals surface area contributed by atoms with Crippen LogP contribution in [0.2, 0.25) is 0 Å². The summed E-state index contributed by atoms with van der Waals surface area (Å²) < 4.78 is 6.42. The van der Waals surface area contributed by atoms with Gasteiger partial charge in [-0.1, -0.05) is 18.3 Å². The van der Waals surface area contributed by atoms with Gasteiger partial charge in [-0.15, -0.1) is 11.8 Å². The van der Waals surface area contributed by atoms with E-state index in [0.717, 1.165) is 29.9 Å². The van der Waals surface area contributed by atoms with Crippen LogP contribution in [0.1, 0.15) is 46.5 Å². The van der Waals surface area contributed by atoms with Gasteiger partial charge in [0.15, 0.2) is 5.13 Å². The van der Waals surface area contributed by atoms with E-state index in [9.17, 15) is 9.59 Å². The molecule has 0 spiro atoms. The van der Waals surface area contributed by atoms with Crippen LogP contribution >= 0.6 is 23.1 Å². The van der Waals surface area contributed by atoms with Gasteiger partial charge in [0.05, 0.1) is 28.9 Å². The van der Waals surface area contributed by atoms with Gasteiger partial charge in [-0.25, -0.2) is 9.78 Å². The minimum Gasteiger partial charge on any atom is -0.481 e. The highest BCUT2D eigenvalue weighted by molar-refractivity contribution is 8.01. The van der Waals surface area contributed by atoms with Crippen molar-refractivity contribution in [2.24, 2.45) is 5.92 Å². The number of urea groups is 1. The van der Waals surface area contributed by atoms with Gasteiger partial charge in [-0.05, 0) is 45.4 Å². The maximum Gasteiger partial charge on any atom is 0.323 e. The van der Waals surface area contributed by atoms with Crippen LogP contribution in [0.25, 0.3) is 0 Å². The number of aliphatic carboxylic acids is 1. The van der Waals surface area contributed by atoms with Gasteiger partial charge in [0.1, 0.15) is 0 Å². The van der Waals surface area contributed by atoms with Crippen molar-refractivity contribution >= 4 is 40.2 Å². The number of carboxylic acids is 1.